The molecule has 0 unspecified atom stereocenters. The molecule has 1 aromatic carbocycles. The van der Waals surface area contributed by atoms with Gasteiger partial charge in [0.25, 0.3) is 0 Å². The minimum atomic E-state index is -0.596. The van der Waals surface area contributed by atoms with Gasteiger partial charge >= 0.3 is 0 Å². The van der Waals surface area contributed by atoms with Crippen LogP contribution < -0.4 is 5.32 Å². The van der Waals surface area contributed by atoms with E-state index in [0.717, 1.165) is 49.8 Å². The first-order valence-corrected chi connectivity index (χ1v) is 7.86. The second kappa shape index (κ2) is 7.53. The molecule has 0 spiro atoms. The highest BCUT2D eigenvalue weighted by Gasteiger charge is 2.26. The monoisotopic (exact) mass is 295 g/mol. The van der Waals surface area contributed by atoms with Gasteiger partial charge in [-0.05, 0) is 43.7 Å². The molecule has 1 N–H and O–H groups in total. The first kappa shape index (κ1) is 15.9. The SMILES string of the molecule is CCCCC1CCC(C(=O)Nc2cc(F)ccc2F)CC1. The molecule has 0 saturated heterocycles. The Balaban J connectivity index is 1.86. The number of halogens is 2. The van der Waals surface area contributed by atoms with Crippen molar-refractivity contribution < 1.29 is 13.6 Å². The summed E-state index contributed by atoms with van der Waals surface area (Å²) in [5, 5.41) is 2.52. The molecule has 0 aliphatic heterocycles. The number of nitrogens with one attached hydrogen (secondary N) is 1. The van der Waals surface area contributed by atoms with E-state index in [1.54, 1.807) is 0 Å². The number of benzene rings is 1. The molecule has 2 rings (SSSR count). The van der Waals surface area contributed by atoms with Crippen molar-refractivity contribution >= 4 is 11.6 Å². The zero-order valence-corrected chi connectivity index (χ0v) is 12.5. The van der Waals surface area contributed by atoms with Crippen molar-refractivity contribution in [2.45, 2.75) is 51.9 Å². The highest BCUT2D eigenvalue weighted by Crippen LogP contribution is 2.32. The van der Waals surface area contributed by atoms with Crippen LogP contribution in [0.4, 0.5) is 14.5 Å². The molecule has 116 valence electrons. The maximum absolute atomic E-state index is 13.5. The van der Waals surface area contributed by atoms with E-state index in [2.05, 4.69) is 12.2 Å². The molecule has 0 aromatic heterocycles. The minimum Gasteiger partial charge on any atom is -0.323 e. The molecule has 1 saturated carbocycles. The zero-order valence-electron chi connectivity index (χ0n) is 12.5. The van der Waals surface area contributed by atoms with Crippen LogP contribution in [0.1, 0.15) is 51.9 Å². The Morgan fingerprint density at radius 1 is 1.24 bits per heavy atom. The number of carbonyl (C=O) groups excluding carboxylic acids is 1. The molecule has 1 amide bonds. The van der Waals surface area contributed by atoms with E-state index in [9.17, 15) is 13.6 Å². The topological polar surface area (TPSA) is 29.1 Å². The predicted molar refractivity (Wildman–Crippen MR) is 80.0 cm³/mol. The number of anilines is 1. The van der Waals surface area contributed by atoms with Crippen molar-refractivity contribution in [1.82, 2.24) is 0 Å². The largest absolute Gasteiger partial charge is 0.323 e. The van der Waals surface area contributed by atoms with Gasteiger partial charge in [-0.2, -0.15) is 0 Å². The van der Waals surface area contributed by atoms with Crippen LogP contribution in [0.15, 0.2) is 18.2 Å². The Kier molecular flexibility index (Phi) is 5.71. The van der Waals surface area contributed by atoms with Gasteiger partial charge in [-0.15, -0.1) is 0 Å². The van der Waals surface area contributed by atoms with E-state index in [1.165, 1.54) is 19.3 Å². The standard InChI is InChI=1S/C17H23F2NO/c1-2-3-4-12-5-7-13(8-6-12)17(21)20-16-11-14(18)9-10-15(16)19/h9-13H,2-8H2,1H3,(H,20,21). The number of carbonyl (C=O) groups is 1. The van der Waals surface area contributed by atoms with Crippen LogP contribution in [0.2, 0.25) is 0 Å². The van der Waals surface area contributed by atoms with E-state index in [-0.39, 0.29) is 17.5 Å². The molecule has 1 aliphatic rings. The average Bonchev–Trinajstić information content (AvgIpc) is 2.49. The van der Waals surface area contributed by atoms with Crippen LogP contribution in [0.3, 0.4) is 0 Å². The second-order valence-corrected chi connectivity index (χ2v) is 5.97. The zero-order chi connectivity index (χ0) is 15.2. The maximum atomic E-state index is 13.5. The van der Waals surface area contributed by atoms with Crippen LogP contribution in [0.5, 0.6) is 0 Å². The lowest BCUT2D eigenvalue weighted by Gasteiger charge is -2.27. The summed E-state index contributed by atoms with van der Waals surface area (Å²) in [6.07, 6.45) is 7.50. The number of rotatable bonds is 5. The minimum absolute atomic E-state index is 0.0619. The van der Waals surface area contributed by atoms with Crippen LogP contribution in [0.25, 0.3) is 0 Å². The summed E-state index contributed by atoms with van der Waals surface area (Å²) >= 11 is 0. The molecule has 0 heterocycles. The Morgan fingerprint density at radius 2 is 1.95 bits per heavy atom. The summed E-state index contributed by atoms with van der Waals surface area (Å²) in [6, 6.07) is 3.11. The molecular formula is C17H23F2NO. The van der Waals surface area contributed by atoms with Crippen LogP contribution in [-0.2, 0) is 4.79 Å². The maximum Gasteiger partial charge on any atom is 0.227 e. The molecule has 0 atom stereocenters. The number of unbranched alkanes of at least 4 members (excludes halogenated alkanes) is 1. The van der Waals surface area contributed by atoms with E-state index < -0.39 is 11.6 Å². The fourth-order valence-electron chi connectivity index (χ4n) is 3.03. The highest BCUT2D eigenvalue weighted by atomic mass is 19.1. The fourth-order valence-corrected chi connectivity index (χ4v) is 3.03. The van der Waals surface area contributed by atoms with E-state index in [0.29, 0.717) is 0 Å². The van der Waals surface area contributed by atoms with Crippen molar-refractivity contribution in [3.63, 3.8) is 0 Å². The molecule has 1 aromatic rings. The van der Waals surface area contributed by atoms with Crippen molar-refractivity contribution in [3.8, 4) is 0 Å². The van der Waals surface area contributed by atoms with Gasteiger partial charge < -0.3 is 5.32 Å². The van der Waals surface area contributed by atoms with Gasteiger partial charge in [0.15, 0.2) is 0 Å². The first-order chi connectivity index (χ1) is 10.1. The predicted octanol–water partition coefficient (Wildman–Crippen LogP) is 4.90. The van der Waals surface area contributed by atoms with Gasteiger partial charge in [-0.1, -0.05) is 26.2 Å². The summed E-state index contributed by atoms with van der Waals surface area (Å²) in [6.45, 7) is 2.19. The number of amides is 1. The lowest BCUT2D eigenvalue weighted by molar-refractivity contribution is -0.121. The molecule has 1 fully saturated rings. The van der Waals surface area contributed by atoms with E-state index in [1.807, 2.05) is 0 Å². The second-order valence-electron chi connectivity index (χ2n) is 5.97. The first-order valence-electron chi connectivity index (χ1n) is 7.86. The average molecular weight is 295 g/mol. The van der Waals surface area contributed by atoms with Crippen LogP contribution in [-0.4, -0.2) is 5.91 Å². The quantitative estimate of drug-likeness (QED) is 0.822. The fraction of sp³-hybridized carbons (Fsp3) is 0.588. The third-order valence-electron chi connectivity index (χ3n) is 4.37. The summed E-state index contributed by atoms with van der Waals surface area (Å²) in [5.74, 6) is -0.685. The smallest absolute Gasteiger partial charge is 0.227 e. The van der Waals surface area contributed by atoms with Crippen molar-refractivity contribution in [3.05, 3.63) is 29.8 Å². The Hall–Kier alpha value is -1.45. The van der Waals surface area contributed by atoms with Crippen LogP contribution in [0, 0.1) is 23.5 Å². The van der Waals surface area contributed by atoms with Crippen molar-refractivity contribution in [2.75, 3.05) is 5.32 Å². The summed E-state index contributed by atoms with van der Waals surface area (Å²) in [5.41, 5.74) is -0.0619. The van der Waals surface area contributed by atoms with Gasteiger partial charge in [0.2, 0.25) is 5.91 Å². The number of hydrogen-bond donors (Lipinski definition) is 1. The summed E-state index contributed by atoms with van der Waals surface area (Å²) < 4.78 is 26.6. The van der Waals surface area contributed by atoms with Gasteiger partial charge in [0.05, 0.1) is 5.69 Å². The summed E-state index contributed by atoms with van der Waals surface area (Å²) in [7, 11) is 0. The lowest BCUT2D eigenvalue weighted by atomic mass is 9.79. The third-order valence-corrected chi connectivity index (χ3v) is 4.37. The molecule has 4 heteroatoms. The Labute approximate surface area is 124 Å². The Bertz CT molecular complexity index is 482. The molecule has 21 heavy (non-hydrogen) atoms. The van der Waals surface area contributed by atoms with Gasteiger partial charge in [-0.3, -0.25) is 4.79 Å². The van der Waals surface area contributed by atoms with E-state index >= 15 is 0 Å². The molecular weight excluding hydrogens is 272 g/mol. The third kappa shape index (κ3) is 4.51. The lowest BCUT2D eigenvalue weighted by Crippen LogP contribution is -2.27. The molecule has 2 nitrogen and oxygen atoms in total. The normalized spacial score (nSPS) is 22.0. The van der Waals surface area contributed by atoms with Crippen molar-refractivity contribution in [1.29, 1.82) is 0 Å². The van der Waals surface area contributed by atoms with Crippen molar-refractivity contribution in [2.24, 2.45) is 11.8 Å². The van der Waals surface area contributed by atoms with Crippen LogP contribution >= 0.6 is 0 Å². The van der Waals surface area contributed by atoms with Gasteiger partial charge in [-0.25, -0.2) is 8.78 Å². The highest BCUT2D eigenvalue weighted by molar-refractivity contribution is 5.92. The van der Waals surface area contributed by atoms with Gasteiger partial charge in [0, 0.05) is 12.0 Å². The Morgan fingerprint density at radius 3 is 2.62 bits per heavy atom. The molecule has 0 radical (unpaired) electrons. The van der Waals surface area contributed by atoms with E-state index in [4.69, 9.17) is 0 Å². The summed E-state index contributed by atoms with van der Waals surface area (Å²) in [4.78, 5) is 12.2. The molecule has 0 bridgehead atoms. The number of hydrogen-bond acceptors (Lipinski definition) is 1. The van der Waals surface area contributed by atoms with Gasteiger partial charge in [0.1, 0.15) is 11.6 Å². The molecule has 1 aliphatic carbocycles.